The molecule has 0 aromatic heterocycles. The van der Waals surface area contributed by atoms with Crippen LogP contribution < -0.4 is 0 Å². The third kappa shape index (κ3) is 4.09. The molecular formula is C17H30O2. The quantitative estimate of drug-likeness (QED) is 0.539. The monoisotopic (exact) mass is 266 g/mol. The predicted molar refractivity (Wildman–Crippen MR) is 79.8 cm³/mol. The number of hydrogen-bond donors (Lipinski definition) is 0. The summed E-state index contributed by atoms with van der Waals surface area (Å²) in [5.74, 6) is 0.711. The molecule has 19 heavy (non-hydrogen) atoms. The standard InChI is InChI=1S/C17H30O2/c1-8-14(18)19-13-11-9-10-12(16(2,3)4)15(13)17(5,6)7/h8,12-13,15H,1,9-11H2,2-7H3. The van der Waals surface area contributed by atoms with E-state index in [1.807, 2.05) is 0 Å². The second-order valence-corrected chi connectivity index (χ2v) is 7.97. The van der Waals surface area contributed by atoms with Crippen molar-refractivity contribution in [3.8, 4) is 0 Å². The normalized spacial score (nSPS) is 28.8. The van der Waals surface area contributed by atoms with Gasteiger partial charge in [0.1, 0.15) is 6.10 Å². The van der Waals surface area contributed by atoms with Gasteiger partial charge < -0.3 is 4.74 Å². The molecule has 0 aromatic carbocycles. The lowest BCUT2D eigenvalue weighted by Crippen LogP contribution is -2.47. The van der Waals surface area contributed by atoms with Crippen LogP contribution in [0, 0.1) is 22.7 Å². The van der Waals surface area contributed by atoms with Crippen LogP contribution in [0.1, 0.15) is 60.8 Å². The van der Waals surface area contributed by atoms with Gasteiger partial charge in [0.05, 0.1) is 0 Å². The third-order valence-electron chi connectivity index (χ3n) is 4.38. The first-order valence-electron chi connectivity index (χ1n) is 7.40. The lowest BCUT2D eigenvalue weighted by Gasteiger charge is -2.49. The van der Waals surface area contributed by atoms with Crippen LogP contribution in [-0.4, -0.2) is 12.1 Å². The zero-order valence-corrected chi connectivity index (χ0v) is 13.5. The van der Waals surface area contributed by atoms with Gasteiger partial charge in [-0.05, 0) is 36.0 Å². The Kier molecular flexibility index (Phi) is 4.86. The van der Waals surface area contributed by atoms with E-state index in [1.165, 1.54) is 12.5 Å². The van der Waals surface area contributed by atoms with Crippen molar-refractivity contribution in [2.24, 2.45) is 22.7 Å². The summed E-state index contributed by atoms with van der Waals surface area (Å²) >= 11 is 0. The lowest BCUT2D eigenvalue weighted by molar-refractivity contribution is -0.156. The fourth-order valence-corrected chi connectivity index (χ4v) is 3.62. The molecule has 1 fully saturated rings. The maximum atomic E-state index is 11.6. The molecule has 1 aliphatic carbocycles. The van der Waals surface area contributed by atoms with Crippen LogP contribution in [0.5, 0.6) is 0 Å². The van der Waals surface area contributed by atoms with Crippen molar-refractivity contribution in [2.45, 2.75) is 66.9 Å². The van der Waals surface area contributed by atoms with Gasteiger partial charge in [-0.3, -0.25) is 0 Å². The van der Waals surface area contributed by atoms with Gasteiger partial charge in [-0.25, -0.2) is 4.79 Å². The highest BCUT2D eigenvalue weighted by Crippen LogP contribution is 2.50. The van der Waals surface area contributed by atoms with Crippen LogP contribution in [0.3, 0.4) is 0 Å². The summed E-state index contributed by atoms with van der Waals surface area (Å²) in [5.41, 5.74) is 0.391. The molecular weight excluding hydrogens is 236 g/mol. The zero-order chi connectivity index (χ0) is 14.8. The van der Waals surface area contributed by atoms with Gasteiger partial charge in [0.2, 0.25) is 0 Å². The van der Waals surface area contributed by atoms with E-state index in [4.69, 9.17) is 4.74 Å². The van der Waals surface area contributed by atoms with E-state index in [0.29, 0.717) is 11.8 Å². The predicted octanol–water partition coefficient (Wildman–Crippen LogP) is 4.59. The SMILES string of the molecule is C=CC(=O)OC1CCCC(C(C)(C)C)C1C(C)(C)C. The Morgan fingerprint density at radius 2 is 1.68 bits per heavy atom. The molecule has 0 saturated heterocycles. The topological polar surface area (TPSA) is 26.3 Å². The molecule has 3 atom stereocenters. The van der Waals surface area contributed by atoms with Crippen molar-refractivity contribution < 1.29 is 9.53 Å². The first kappa shape index (κ1) is 16.3. The second kappa shape index (κ2) is 5.68. The molecule has 0 N–H and O–H groups in total. The van der Waals surface area contributed by atoms with E-state index in [1.54, 1.807) is 0 Å². The Hall–Kier alpha value is -0.790. The van der Waals surface area contributed by atoms with E-state index < -0.39 is 0 Å². The molecule has 1 saturated carbocycles. The molecule has 0 bridgehead atoms. The van der Waals surface area contributed by atoms with Crippen molar-refractivity contribution in [3.05, 3.63) is 12.7 Å². The number of esters is 1. The smallest absolute Gasteiger partial charge is 0.330 e. The van der Waals surface area contributed by atoms with Gasteiger partial charge in [-0.2, -0.15) is 0 Å². The van der Waals surface area contributed by atoms with E-state index in [-0.39, 0.29) is 22.9 Å². The minimum absolute atomic E-state index is 0.0310. The van der Waals surface area contributed by atoms with Gasteiger partial charge in [0, 0.05) is 12.0 Å². The number of carbonyl (C=O) groups is 1. The van der Waals surface area contributed by atoms with Crippen molar-refractivity contribution in [1.29, 1.82) is 0 Å². The highest BCUT2D eigenvalue weighted by molar-refractivity contribution is 5.81. The van der Waals surface area contributed by atoms with Gasteiger partial charge in [0.25, 0.3) is 0 Å². The highest BCUT2D eigenvalue weighted by atomic mass is 16.5. The molecule has 3 unspecified atom stereocenters. The molecule has 0 aliphatic heterocycles. The van der Waals surface area contributed by atoms with Gasteiger partial charge in [0.15, 0.2) is 0 Å². The largest absolute Gasteiger partial charge is 0.459 e. The van der Waals surface area contributed by atoms with Crippen molar-refractivity contribution >= 4 is 5.97 Å². The molecule has 1 rings (SSSR count). The molecule has 0 aromatic rings. The minimum atomic E-state index is -0.284. The fraction of sp³-hybridized carbons (Fsp3) is 0.824. The first-order valence-corrected chi connectivity index (χ1v) is 7.40. The summed E-state index contributed by atoms with van der Waals surface area (Å²) < 4.78 is 5.65. The fourth-order valence-electron chi connectivity index (χ4n) is 3.62. The van der Waals surface area contributed by atoms with Gasteiger partial charge in [-0.15, -0.1) is 0 Å². The summed E-state index contributed by atoms with van der Waals surface area (Å²) in [6.45, 7) is 17.2. The van der Waals surface area contributed by atoms with Crippen molar-refractivity contribution in [1.82, 2.24) is 0 Å². The van der Waals surface area contributed by atoms with Crippen molar-refractivity contribution in [3.63, 3.8) is 0 Å². The summed E-state index contributed by atoms with van der Waals surface area (Å²) in [5, 5.41) is 0. The number of ether oxygens (including phenoxy) is 1. The Labute approximate surface area is 118 Å². The summed E-state index contributed by atoms with van der Waals surface area (Å²) in [6.07, 6.45) is 4.66. The van der Waals surface area contributed by atoms with E-state index >= 15 is 0 Å². The molecule has 2 nitrogen and oxygen atoms in total. The maximum absolute atomic E-state index is 11.6. The second-order valence-electron chi connectivity index (χ2n) is 7.97. The van der Waals surface area contributed by atoms with E-state index in [2.05, 4.69) is 48.1 Å². The Morgan fingerprint density at radius 3 is 2.11 bits per heavy atom. The van der Waals surface area contributed by atoms with Crippen LogP contribution >= 0.6 is 0 Å². The number of hydrogen-bond acceptors (Lipinski definition) is 2. The van der Waals surface area contributed by atoms with Gasteiger partial charge in [-0.1, -0.05) is 48.1 Å². The summed E-state index contributed by atoms with van der Waals surface area (Å²) in [4.78, 5) is 11.6. The average Bonchev–Trinajstić information content (AvgIpc) is 2.25. The molecule has 0 radical (unpaired) electrons. The lowest BCUT2D eigenvalue weighted by atomic mass is 9.58. The molecule has 0 amide bonds. The Balaban J connectivity index is 3.02. The molecule has 110 valence electrons. The molecule has 2 heteroatoms. The first-order chi connectivity index (χ1) is 8.57. The van der Waals surface area contributed by atoms with Crippen LogP contribution in [0.4, 0.5) is 0 Å². The molecule has 0 spiro atoms. The maximum Gasteiger partial charge on any atom is 0.330 e. The molecule has 1 aliphatic rings. The zero-order valence-electron chi connectivity index (χ0n) is 13.5. The minimum Gasteiger partial charge on any atom is -0.459 e. The van der Waals surface area contributed by atoms with E-state index in [9.17, 15) is 4.79 Å². The van der Waals surface area contributed by atoms with Gasteiger partial charge >= 0.3 is 5.97 Å². The Bertz CT molecular complexity index is 330. The number of carbonyl (C=O) groups excluding carboxylic acids is 1. The average molecular weight is 266 g/mol. The molecule has 0 heterocycles. The highest BCUT2D eigenvalue weighted by Gasteiger charge is 2.46. The van der Waals surface area contributed by atoms with Crippen LogP contribution in [0.25, 0.3) is 0 Å². The summed E-state index contributed by atoms with van der Waals surface area (Å²) in [6, 6.07) is 0. The van der Waals surface area contributed by atoms with E-state index in [0.717, 1.165) is 12.8 Å². The van der Waals surface area contributed by atoms with Crippen LogP contribution in [-0.2, 0) is 9.53 Å². The number of rotatable bonds is 2. The van der Waals surface area contributed by atoms with Crippen LogP contribution in [0.2, 0.25) is 0 Å². The third-order valence-corrected chi connectivity index (χ3v) is 4.38. The van der Waals surface area contributed by atoms with Crippen LogP contribution in [0.15, 0.2) is 12.7 Å². The van der Waals surface area contributed by atoms with Crippen molar-refractivity contribution in [2.75, 3.05) is 0 Å². The Morgan fingerprint density at radius 1 is 1.11 bits per heavy atom. The summed E-state index contributed by atoms with van der Waals surface area (Å²) in [7, 11) is 0.